The van der Waals surface area contributed by atoms with Crippen molar-refractivity contribution in [1.82, 2.24) is 0 Å². The maximum absolute atomic E-state index is 6.11. The number of methoxy groups -OCH3 is 2. The summed E-state index contributed by atoms with van der Waals surface area (Å²) in [6, 6.07) is 12.5. The van der Waals surface area contributed by atoms with Crippen molar-refractivity contribution in [2.45, 2.75) is 24.9 Å². The van der Waals surface area contributed by atoms with Crippen LogP contribution in [0.1, 0.15) is 5.56 Å². The molecule has 0 saturated carbocycles. The molecule has 0 saturated heterocycles. The fraction of sp³-hybridized carbons (Fsp3) is 0.368. The van der Waals surface area contributed by atoms with Crippen molar-refractivity contribution in [2.75, 3.05) is 20.8 Å². The van der Waals surface area contributed by atoms with E-state index < -0.39 is 0 Å². The largest absolute Gasteiger partial charge is 0.461 e. The topological polar surface area (TPSA) is 36.9 Å². The van der Waals surface area contributed by atoms with Crippen LogP contribution < -0.4 is 4.74 Å². The summed E-state index contributed by atoms with van der Waals surface area (Å²) in [6.45, 7) is 0.479. The van der Waals surface area contributed by atoms with Crippen molar-refractivity contribution in [2.24, 2.45) is 0 Å². The zero-order valence-electron chi connectivity index (χ0n) is 13.3. The third-order valence-corrected chi connectivity index (χ3v) is 4.56. The zero-order valence-corrected chi connectivity index (χ0v) is 13.3. The van der Waals surface area contributed by atoms with Crippen LogP contribution in [0.4, 0.5) is 0 Å². The highest BCUT2D eigenvalue weighted by Crippen LogP contribution is 2.38. The second-order valence-corrected chi connectivity index (χ2v) is 5.96. The second kappa shape index (κ2) is 5.96. The number of hydrogen-bond acceptors (Lipinski definition) is 4. The van der Waals surface area contributed by atoms with Crippen LogP contribution in [0.25, 0.3) is 10.8 Å². The third-order valence-electron chi connectivity index (χ3n) is 4.56. The standard InChI is InChI=1S/C19H20O4/c1-20-11-18-17(21-2)10-13-9-15-14-6-4-3-5-12(14)7-8-16(15)22-19(13)23-18/h3-8,10,17-19H,9,11H2,1-2H3/t17-,18+,19-/m0/s1. The van der Waals surface area contributed by atoms with E-state index in [-0.39, 0.29) is 18.5 Å². The Labute approximate surface area is 135 Å². The molecule has 0 bridgehead atoms. The van der Waals surface area contributed by atoms with Crippen LogP contribution in [-0.2, 0) is 20.6 Å². The summed E-state index contributed by atoms with van der Waals surface area (Å²) in [7, 11) is 3.36. The molecule has 0 aliphatic carbocycles. The number of rotatable bonds is 3. The summed E-state index contributed by atoms with van der Waals surface area (Å²) in [4.78, 5) is 0. The van der Waals surface area contributed by atoms with Gasteiger partial charge in [-0.1, -0.05) is 30.3 Å². The number of ether oxygens (including phenoxy) is 4. The Morgan fingerprint density at radius 2 is 2.00 bits per heavy atom. The van der Waals surface area contributed by atoms with Crippen molar-refractivity contribution in [1.29, 1.82) is 0 Å². The molecule has 3 atom stereocenters. The number of fused-ring (bicyclic) bond motifs is 4. The van der Waals surface area contributed by atoms with Gasteiger partial charge >= 0.3 is 0 Å². The molecule has 0 radical (unpaired) electrons. The molecule has 4 heteroatoms. The summed E-state index contributed by atoms with van der Waals surface area (Å²) in [5.74, 6) is 0.901. The molecule has 2 aliphatic heterocycles. The molecule has 0 spiro atoms. The van der Waals surface area contributed by atoms with Crippen LogP contribution >= 0.6 is 0 Å². The fourth-order valence-electron chi connectivity index (χ4n) is 3.41. The normalized spacial score (nSPS) is 26.2. The van der Waals surface area contributed by atoms with E-state index in [2.05, 4.69) is 36.4 Å². The lowest BCUT2D eigenvalue weighted by Crippen LogP contribution is -2.45. The fourth-order valence-corrected chi connectivity index (χ4v) is 3.41. The van der Waals surface area contributed by atoms with E-state index in [1.54, 1.807) is 14.2 Å². The third kappa shape index (κ3) is 2.53. The van der Waals surface area contributed by atoms with E-state index >= 15 is 0 Å². The summed E-state index contributed by atoms with van der Waals surface area (Å²) >= 11 is 0. The van der Waals surface area contributed by atoms with Gasteiger partial charge in [0.25, 0.3) is 0 Å². The minimum absolute atomic E-state index is 0.110. The molecule has 2 heterocycles. The van der Waals surface area contributed by atoms with Crippen LogP contribution in [0.3, 0.4) is 0 Å². The van der Waals surface area contributed by atoms with Gasteiger partial charge in [-0.2, -0.15) is 0 Å². The lowest BCUT2D eigenvalue weighted by molar-refractivity contribution is -0.161. The summed E-state index contributed by atoms with van der Waals surface area (Å²) < 4.78 is 22.9. The smallest absolute Gasteiger partial charge is 0.223 e. The number of benzene rings is 2. The maximum Gasteiger partial charge on any atom is 0.223 e. The first-order valence-corrected chi connectivity index (χ1v) is 7.85. The average molecular weight is 312 g/mol. The molecule has 0 unspecified atom stereocenters. The Kier molecular flexibility index (Phi) is 3.81. The Morgan fingerprint density at radius 1 is 1.13 bits per heavy atom. The van der Waals surface area contributed by atoms with Gasteiger partial charge in [-0.05, 0) is 22.9 Å². The molecule has 4 nitrogen and oxygen atoms in total. The van der Waals surface area contributed by atoms with Gasteiger partial charge < -0.3 is 18.9 Å². The Bertz CT molecular complexity index is 752. The van der Waals surface area contributed by atoms with Crippen molar-refractivity contribution in [3.8, 4) is 5.75 Å². The predicted octanol–water partition coefficient (Wildman–Crippen LogP) is 3.09. The monoisotopic (exact) mass is 312 g/mol. The first kappa shape index (κ1) is 14.7. The van der Waals surface area contributed by atoms with Gasteiger partial charge in [0.2, 0.25) is 6.29 Å². The van der Waals surface area contributed by atoms with Crippen LogP contribution in [0.5, 0.6) is 5.75 Å². The minimum Gasteiger partial charge on any atom is -0.461 e. The van der Waals surface area contributed by atoms with Crippen LogP contribution in [-0.4, -0.2) is 39.3 Å². The maximum atomic E-state index is 6.11. The van der Waals surface area contributed by atoms with E-state index in [1.165, 1.54) is 16.3 Å². The molecule has 0 aromatic heterocycles. The quantitative estimate of drug-likeness (QED) is 0.816. The highest BCUT2D eigenvalue weighted by atomic mass is 16.7. The van der Waals surface area contributed by atoms with E-state index in [0.29, 0.717) is 6.61 Å². The number of hydrogen-bond donors (Lipinski definition) is 0. The molecule has 23 heavy (non-hydrogen) atoms. The van der Waals surface area contributed by atoms with Crippen molar-refractivity contribution in [3.05, 3.63) is 53.6 Å². The Hall–Kier alpha value is -1.88. The van der Waals surface area contributed by atoms with Crippen molar-refractivity contribution in [3.63, 3.8) is 0 Å². The molecule has 4 rings (SSSR count). The molecular formula is C19H20O4. The average Bonchev–Trinajstić information content (AvgIpc) is 2.59. The highest BCUT2D eigenvalue weighted by Gasteiger charge is 2.36. The molecule has 0 fully saturated rings. The lowest BCUT2D eigenvalue weighted by atomic mass is 9.92. The molecular weight excluding hydrogens is 292 g/mol. The first-order valence-electron chi connectivity index (χ1n) is 7.85. The van der Waals surface area contributed by atoms with Gasteiger partial charge in [-0.3, -0.25) is 0 Å². The van der Waals surface area contributed by atoms with E-state index in [0.717, 1.165) is 17.7 Å². The SMILES string of the molecule is COC[C@H]1O[C@@H]2Oc3ccc4ccccc4c3CC2=C[C@@H]1OC. The molecule has 2 aromatic rings. The summed E-state index contributed by atoms with van der Waals surface area (Å²) in [5, 5.41) is 2.46. The van der Waals surface area contributed by atoms with Crippen molar-refractivity contribution >= 4 is 10.8 Å². The molecule has 0 N–H and O–H groups in total. The molecule has 2 aromatic carbocycles. The van der Waals surface area contributed by atoms with E-state index in [9.17, 15) is 0 Å². The van der Waals surface area contributed by atoms with Crippen LogP contribution in [0.2, 0.25) is 0 Å². The molecule has 120 valence electrons. The predicted molar refractivity (Wildman–Crippen MR) is 87.7 cm³/mol. The van der Waals surface area contributed by atoms with Gasteiger partial charge in [0, 0.05) is 31.8 Å². The van der Waals surface area contributed by atoms with E-state index in [4.69, 9.17) is 18.9 Å². The van der Waals surface area contributed by atoms with Crippen molar-refractivity contribution < 1.29 is 18.9 Å². The molecule has 2 aliphatic rings. The van der Waals surface area contributed by atoms with Crippen LogP contribution in [0.15, 0.2) is 48.0 Å². The Morgan fingerprint density at radius 3 is 2.83 bits per heavy atom. The summed E-state index contributed by atoms with van der Waals surface area (Å²) in [6.07, 6.45) is 2.33. The first-order chi connectivity index (χ1) is 11.3. The Balaban J connectivity index is 1.73. The van der Waals surface area contributed by atoms with Crippen LogP contribution in [0, 0.1) is 0 Å². The molecule has 0 amide bonds. The second-order valence-electron chi connectivity index (χ2n) is 5.96. The minimum atomic E-state index is -0.352. The lowest BCUT2D eigenvalue weighted by Gasteiger charge is -2.38. The van der Waals surface area contributed by atoms with Gasteiger partial charge in [-0.25, -0.2) is 0 Å². The zero-order chi connectivity index (χ0) is 15.8. The van der Waals surface area contributed by atoms with E-state index in [1.807, 2.05) is 6.07 Å². The summed E-state index contributed by atoms with van der Waals surface area (Å²) in [5.41, 5.74) is 2.34. The van der Waals surface area contributed by atoms with Gasteiger partial charge in [0.05, 0.1) is 6.61 Å². The van der Waals surface area contributed by atoms with Gasteiger partial charge in [-0.15, -0.1) is 0 Å². The van der Waals surface area contributed by atoms with Gasteiger partial charge in [0.15, 0.2) is 0 Å². The highest BCUT2D eigenvalue weighted by molar-refractivity contribution is 5.88. The van der Waals surface area contributed by atoms with Gasteiger partial charge in [0.1, 0.15) is 18.0 Å².